The van der Waals surface area contributed by atoms with Gasteiger partial charge in [0.1, 0.15) is 11.8 Å². The molecule has 0 N–H and O–H groups in total. The van der Waals surface area contributed by atoms with Crippen LogP contribution in [0.2, 0.25) is 0 Å². The lowest BCUT2D eigenvalue weighted by Gasteiger charge is -2.05. The maximum absolute atomic E-state index is 12.5. The van der Waals surface area contributed by atoms with Crippen molar-refractivity contribution in [2.24, 2.45) is 0 Å². The number of rotatable bonds is 4. The second kappa shape index (κ2) is 5.69. The first-order chi connectivity index (χ1) is 11.8. The van der Waals surface area contributed by atoms with Crippen molar-refractivity contribution in [3.8, 4) is 11.1 Å². The van der Waals surface area contributed by atoms with Crippen LogP contribution in [0.1, 0.15) is 6.42 Å². The van der Waals surface area contributed by atoms with E-state index in [4.69, 9.17) is 0 Å². The molecule has 0 amide bonds. The van der Waals surface area contributed by atoms with Gasteiger partial charge in [-0.25, -0.2) is 4.52 Å². The summed E-state index contributed by atoms with van der Waals surface area (Å²) < 4.78 is 3.08. The van der Waals surface area contributed by atoms with E-state index in [1.165, 1.54) is 4.57 Å². The average molecular weight is 319 g/mol. The van der Waals surface area contributed by atoms with Gasteiger partial charge in [0.15, 0.2) is 11.2 Å². The smallest absolute Gasteiger partial charge is 0.280 e. The topological polar surface area (TPSA) is 82.2 Å². The van der Waals surface area contributed by atoms with Gasteiger partial charge in [-0.05, 0) is 11.6 Å². The van der Waals surface area contributed by atoms with Crippen molar-refractivity contribution < 1.29 is 4.79 Å². The summed E-state index contributed by atoms with van der Waals surface area (Å²) in [6.07, 6.45) is 4.43. The fourth-order valence-corrected chi connectivity index (χ4v) is 2.72. The number of aldehydes is 1. The number of carbonyl (C=O) groups excluding carboxylic acids is 1. The molecule has 24 heavy (non-hydrogen) atoms. The van der Waals surface area contributed by atoms with Crippen molar-refractivity contribution in [2.45, 2.75) is 13.0 Å². The normalized spacial score (nSPS) is 11.2. The summed E-state index contributed by atoms with van der Waals surface area (Å²) in [6, 6.07) is 11.5. The molecule has 0 saturated carbocycles. The van der Waals surface area contributed by atoms with Crippen molar-refractivity contribution in [1.29, 1.82) is 0 Å². The van der Waals surface area contributed by atoms with E-state index in [0.717, 1.165) is 17.4 Å². The first kappa shape index (κ1) is 14.3. The highest BCUT2D eigenvalue weighted by Gasteiger charge is 2.13. The van der Waals surface area contributed by atoms with Gasteiger partial charge in [-0.15, -0.1) is 10.2 Å². The Bertz CT molecular complexity index is 1100. The Hall–Kier alpha value is -3.35. The molecule has 0 unspecified atom stereocenters. The van der Waals surface area contributed by atoms with E-state index in [9.17, 15) is 9.59 Å². The van der Waals surface area contributed by atoms with E-state index in [0.29, 0.717) is 17.7 Å². The maximum Gasteiger partial charge on any atom is 0.280 e. The molecule has 0 fully saturated rings. The second-order valence-electron chi connectivity index (χ2n) is 5.36. The summed E-state index contributed by atoms with van der Waals surface area (Å²) in [7, 11) is 0. The van der Waals surface area contributed by atoms with Crippen LogP contribution in [0.15, 0.2) is 53.6 Å². The molecule has 3 aromatic heterocycles. The van der Waals surface area contributed by atoms with E-state index in [2.05, 4.69) is 15.3 Å². The van der Waals surface area contributed by atoms with Gasteiger partial charge < -0.3 is 9.36 Å². The molecule has 0 aliphatic heterocycles. The number of pyridine rings is 1. The molecule has 0 aliphatic rings. The highest BCUT2D eigenvalue weighted by atomic mass is 16.1. The third-order valence-electron chi connectivity index (χ3n) is 3.91. The Morgan fingerprint density at radius 3 is 2.71 bits per heavy atom. The molecular formula is C17H13N5O2. The minimum absolute atomic E-state index is 0.235. The van der Waals surface area contributed by atoms with Crippen LogP contribution >= 0.6 is 0 Å². The molecule has 0 spiro atoms. The summed E-state index contributed by atoms with van der Waals surface area (Å²) in [5, 5.41) is 12.7. The van der Waals surface area contributed by atoms with E-state index < -0.39 is 0 Å². The van der Waals surface area contributed by atoms with Crippen LogP contribution in [0, 0.1) is 0 Å². The number of fused-ring (bicyclic) bond motifs is 3. The van der Waals surface area contributed by atoms with Gasteiger partial charge in [0, 0.05) is 24.7 Å². The Morgan fingerprint density at radius 1 is 1.08 bits per heavy atom. The van der Waals surface area contributed by atoms with Crippen LogP contribution in [0.3, 0.4) is 0 Å². The molecular weight excluding hydrogens is 306 g/mol. The van der Waals surface area contributed by atoms with Gasteiger partial charge in [-0.2, -0.15) is 5.10 Å². The number of hydrogen-bond donors (Lipinski definition) is 0. The Kier molecular flexibility index (Phi) is 3.38. The standard InChI is InChI=1S/C17H13N5O2/c23-10-4-8-21-9-7-14-15(17(21)24)19-20-16-13(11-18-22(14)16)12-5-2-1-3-6-12/h1-3,5-7,9-11H,4,8H2. The molecule has 0 saturated heterocycles. The van der Waals surface area contributed by atoms with E-state index in [1.807, 2.05) is 30.3 Å². The monoisotopic (exact) mass is 319 g/mol. The second-order valence-corrected chi connectivity index (χ2v) is 5.36. The summed E-state index contributed by atoms with van der Waals surface area (Å²) in [6.45, 7) is 0.326. The number of aryl methyl sites for hydroxylation is 1. The Balaban J connectivity index is 1.93. The van der Waals surface area contributed by atoms with Gasteiger partial charge in [-0.3, -0.25) is 4.79 Å². The molecule has 7 nitrogen and oxygen atoms in total. The summed E-state index contributed by atoms with van der Waals surface area (Å²) in [4.78, 5) is 23.0. The van der Waals surface area contributed by atoms with Crippen LogP contribution in [-0.2, 0) is 11.3 Å². The average Bonchev–Trinajstić information content (AvgIpc) is 3.06. The van der Waals surface area contributed by atoms with Gasteiger partial charge in [0.2, 0.25) is 0 Å². The zero-order valence-corrected chi connectivity index (χ0v) is 12.7. The highest BCUT2D eigenvalue weighted by molar-refractivity contribution is 5.82. The minimum atomic E-state index is -0.277. The van der Waals surface area contributed by atoms with Crippen LogP contribution in [0.25, 0.3) is 27.8 Å². The van der Waals surface area contributed by atoms with Crippen LogP contribution < -0.4 is 5.56 Å². The van der Waals surface area contributed by atoms with Crippen molar-refractivity contribution in [2.75, 3.05) is 0 Å². The summed E-state index contributed by atoms with van der Waals surface area (Å²) >= 11 is 0. The molecule has 0 aliphatic carbocycles. The van der Waals surface area contributed by atoms with Gasteiger partial charge in [0.05, 0.1) is 6.20 Å². The molecule has 4 aromatic rings. The SMILES string of the molecule is O=CCCn1ccc2c(nnc3c(-c4ccccc4)cnn32)c1=O. The maximum atomic E-state index is 12.5. The van der Waals surface area contributed by atoms with Crippen LogP contribution in [0.5, 0.6) is 0 Å². The van der Waals surface area contributed by atoms with Gasteiger partial charge >= 0.3 is 0 Å². The van der Waals surface area contributed by atoms with E-state index in [1.54, 1.807) is 23.0 Å². The van der Waals surface area contributed by atoms with Gasteiger partial charge in [-0.1, -0.05) is 30.3 Å². The van der Waals surface area contributed by atoms with Crippen molar-refractivity contribution >= 4 is 23.0 Å². The molecule has 0 radical (unpaired) electrons. The van der Waals surface area contributed by atoms with Crippen molar-refractivity contribution in [3.05, 3.63) is 59.1 Å². The van der Waals surface area contributed by atoms with Gasteiger partial charge in [0.25, 0.3) is 5.56 Å². The quantitative estimate of drug-likeness (QED) is 0.535. The molecule has 0 atom stereocenters. The fourth-order valence-electron chi connectivity index (χ4n) is 2.72. The number of nitrogens with zero attached hydrogens (tertiary/aromatic N) is 5. The molecule has 4 rings (SSSR count). The molecule has 7 heteroatoms. The molecule has 118 valence electrons. The highest BCUT2D eigenvalue weighted by Crippen LogP contribution is 2.23. The first-order valence-electron chi connectivity index (χ1n) is 7.52. The molecule has 1 aromatic carbocycles. The predicted molar refractivity (Wildman–Crippen MR) is 88.7 cm³/mol. The minimum Gasteiger partial charge on any atom is -0.313 e. The fraction of sp³-hybridized carbons (Fsp3) is 0.118. The van der Waals surface area contributed by atoms with Crippen molar-refractivity contribution in [3.63, 3.8) is 0 Å². The lowest BCUT2D eigenvalue weighted by molar-refractivity contribution is -0.108. The molecule has 0 bridgehead atoms. The number of hydrogen-bond acceptors (Lipinski definition) is 5. The third kappa shape index (κ3) is 2.18. The van der Waals surface area contributed by atoms with Crippen LogP contribution in [-0.4, -0.2) is 30.7 Å². The number of aromatic nitrogens is 5. The Labute approximate surface area is 136 Å². The van der Waals surface area contributed by atoms with E-state index in [-0.39, 0.29) is 17.5 Å². The zero-order chi connectivity index (χ0) is 16.5. The predicted octanol–water partition coefficient (Wildman–Crippen LogP) is 1.70. The van der Waals surface area contributed by atoms with Crippen LogP contribution in [0.4, 0.5) is 0 Å². The first-order valence-corrected chi connectivity index (χ1v) is 7.52. The van der Waals surface area contributed by atoms with Crippen molar-refractivity contribution in [1.82, 2.24) is 24.4 Å². The third-order valence-corrected chi connectivity index (χ3v) is 3.91. The largest absolute Gasteiger partial charge is 0.313 e. The lowest BCUT2D eigenvalue weighted by Crippen LogP contribution is -2.21. The van der Waals surface area contributed by atoms with E-state index >= 15 is 0 Å². The number of benzene rings is 1. The number of carbonyl (C=O) groups is 1. The lowest BCUT2D eigenvalue weighted by atomic mass is 10.1. The summed E-state index contributed by atoms with van der Waals surface area (Å²) in [5.74, 6) is 0. The Morgan fingerprint density at radius 2 is 1.92 bits per heavy atom. The zero-order valence-electron chi connectivity index (χ0n) is 12.7. The summed E-state index contributed by atoms with van der Waals surface area (Å²) in [5.41, 5.74) is 2.99. The molecule has 3 heterocycles.